The first-order valence-electron chi connectivity index (χ1n) is 5.91. The van der Waals surface area contributed by atoms with Gasteiger partial charge in [0.2, 0.25) is 0 Å². The van der Waals surface area contributed by atoms with Crippen molar-refractivity contribution in [2.24, 2.45) is 5.73 Å². The van der Waals surface area contributed by atoms with Gasteiger partial charge in [-0.15, -0.1) is 0 Å². The van der Waals surface area contributed by atoms with E-state index in [0.29, 0.717) is 16.6 Å². The average molecular weight is 290 g/mol. The van der Waals surface area contributed by atoms with Gasteiger partial charge in [-0.3, -0.25) is 0 Å². The molecule has 6 heteroatoms. The molecular formula is C12H17Cl2N3O. The Kier molecular flexibility index (Phi) is 4.33. The van der Waals surface area contributed by atoms with Crippen molar-refractivity contribution < 1.29 is 4.74 Å². The lowest BCUT2D eigenvalue weighted by molar-refractivity contribution is -0.0216. The van der Waals surface area contributed by atoms with Crippen LogP contribution in [0.15, 0.2) is 12.3 Å². The fourth-order valence-corrected chi connectivity index (χ4v) is 2.76. The van der Waals surface area contributed by atoms with Gasteiger partial charge >= 0.3 is 0 Å². The second-order valence-corrected chi connectivity index (χ2v) is 5.38. The van der Waals surface area contributed by atoms with Gasteiger partial charge in [-0.1, -0.05) is 23.2 Å². The van der Waals surface area contributed by atoms with Gasteiger partial charge in [-0.05, 0) is 18.9 Å². The number of anilines is 1. The maximum atomic E-state index is 6.16. The van der Waals surface area contributed by atoms with E-state index in [1.165, 1.54) is 0 Å². The number of aromatic nitrogens is 1. The van der Waals surface area contributed by atoms with E-state index in [0.717, 1.165) is 31.7 Å². The van der Waals surface area contributed by atoms with Gasteiger partial charge in [0, 0.05) is 32.9 Å². The second-order valence-electron chi connectivity index (χ2n) is 4.54. The van der Waals surface area contributed by atoms with Crippen LogP contribution in [-0.2, 0) is 4.74 Å². The summed E-state index contributed by atoms with van der Waals surface area (Å²) in [7, 11) is 1.72. The summed E-state index contributed by atoms with van der Waals surface area (Å²) in [5.41, 5.74) is 5.58. The Balaban J connectivity index is 2.10. The second kappa shape index (κ2) is 5.61. The summed E-state index contributed by atoms with van der Waals surface area (Å²) in [6.45, 7) is 2.21. The lowest BCUT2D eigenvalue weighted by Gasteiger charge is -2.40. The average Bonchev–Trinajstić information content (AvgIpc) is 2.39. The highest BCUT2D eigenvalue weighted by molar-refractivity contribution is 6.36. The first kappa shape index (κ1) is 13.9. The monoisotopic (exact) mass is 289 g/mol. The third-order valence-electron chi connectivity index (χ3n) is 3.57. The van der Waals surface area contributed by atoms with Crippen LogP contribution in [0.2, 0.25) is 10.0 Å². The fraction of sp³-hybridized carbons (Fsp3) is 0.583. The van der Waals surface area contributed by atoms with Crippen LogP contribution >= 0.6 is 23.2 Å². The van der Waals surface area contributed by atoms with Crippen LogP contribution in [0.5, 0.6) is 0 Å². The van der Waals surface area contributed by atoms with E-state index in [-0.39, 0.29) is 5.60 Å². The van der Waals surface area contributed by atoms with E-state index in [4.69, 9.17) is 33.7 Å². The summed E-state index contributed by atoms with van der Waals surface area (Å²) in [4.78, 5) is 6.44. The molecule has 0 radical (unpaired) electrons. The van der Waals surface area contributed by atoms with Crippen LogP contribution in [0.25, 0.3) is 0 Å². The van der Waals surface area contributed by atoms with Crippen LogP contribution in [0.4, 0.5) is 5.82 Å². The molecule has 1 saturated heterocycles. The summed E-state index contributed by atoms with van der Waals surface area (Å²) in [6, 6.07) is 1.71. The number of hydrogen-bond donors (Lipinski definition) is 1. The summed E-state index contributed by atoms with van der Waals surface area (Å²) in [6.07, 6.45) is 3.37. The first-order chi connectivity index (χ1) is 8.60. The summed E-state index contributed by atoms with van der Waals surface area (Å²) < 4.78 is 5.54. The molecule has 0 aromatic carbocycles. The topological polar surface area (TPSA) is 51.4 Å². The molecule has 1 aromatic heterocycles. The Bertz CT molecular complexity index is 414. The van der Waals surface area contributed by atoms with E-state index < -0.39 is 0 Å². The molecule has 2 N–H and O–H groups in total. The van der Waals surface area contributed by atoms with Crippen LogP contribution in [0, 0.1) is 0 Å². The summed E-state index contributed by atoms with van der Waals surface area (Å²) in [5.74, 6) is 0.780. The van der Waals surface area contributed by atoms with Crippen molar-refractivity contribution in [3.05, 3.63) is 22.3 Å². The molecule has 1 aliphatic heterocycles. The molecule has 0 bridgehead atoms. The standard InChI is InChI=1S/C12H17Cl2N3O/c1-18-12(8-15)2-4-17(5-3-12)11-10(14)6-9(13)7-16-11/h6-7H,2-5,8,15H2,1H3. The Hall–Kier alpha value is -0.550. The quantitative estimate of drug-likeness (QED) is 0.928. The molecule has 1 fully saturated rings. The molecule has 1 aromatic rings. The number of ether oxygens (including phenoxy) is 1. The maximum absolute atomic E-state index is 6.16. The molecule has 0 unspecified atom stereocenters. The zero-order valence-corrected chi connectivity index (χ0v) is 11.8. The van der Waals surface area contributed by atoms with Gasteiger partial charge in [-0.2, -0.15) is 0 Å². The molecule has 2 rings (SSSR count). The number of methoxy groups -OCH3 is 1. The third-order valence-corrected chi connectivity index (χ3v) is 4.05. The highest BCUT2D eigenvalue weighted by Crippen LogP contribution is 2.31. The van der Waals surface area contributed by atoms with E-state index in [1.807, 2.05) is 0 Å². The van der Waals surface area contributed by atoms with Crippen molar-refractivity contribution in [2.45, 2.75) is 18.4 Å². The predicted molar refractivity (Wildman–Crippen MR) is 74.5 cm³/mol. The Labute approximate surface area is 117 Å². The molecule has 0 saturated carbocycles. The highest BCUT2D eigenvalue weighted by atomic mass is 35.5. The Morgan fingerprint density at radius 2 is 2.11 bits per heavy atom. The number of piperidine rings is 1. The lowest BCUT2D eigenvalue weighted by Crippen LogP contribution is -2.50. The first-order valence-corrected chi connectivity index (χ1v) is 6.67. The van der Waals surface area contributed by atoms with Gasteiger partial charge in [-0.25, -0.2) is 4.98 Å². The molecule has 0 aliphatic carbocycles. The van der Waals surface area contributed by atoms with Gasteiger partial charge < -0.3 is 15.4 Å². The minimum atomic E-state index is -0.199. The normalized spacial score (nSPS) is 19.0. The zero-order valence-electron chi connectivity index (χ0n) is 10.3. The number of nitrogens with zero attached hydrogens (tertiary/aromatic N) is 2. The van der Waals surface area contributed by atoms with Crippen molar-refractivity contribution >= 4 is 29.0 Å². The number of nitrogens with two attached hydrogens (primary N) is 1. The molecule has 1 aliphatic rings. The number of hydrogen-bond acceptors (Lipinski definition) is 4. The van der Waals surface area contributed by atoms with E-state index in [1.54, 1.807) is 19.4 Å². The van der Waals surface area contributed by atoms with Crippen LogP contribution in [0.1, 0.15) is 12.8 Å². The predicted octanol–water partition coefficient (Wildman–Crippen LogP) is 2.33. The highest BCUT2D eigenvalue weighted by Gasteiger charge is 2.34. The zero-order chi connectivity index (χ0) is 13.2. The Morgan fingerprint density at radius 1 is 1.44 bits per heavy atom. The molecular weight excluding hydrogens is 273 g/mol. The van der Waals surface area contributed by atoms with E-state index in [2.05, 4.69) is 9.88 Å². The van der Waals surface area contributed by atoms with Crippen molar-refractivity contribution in [1.29, 1.82) is 0 Å². The number of pyridine rings is 1. The van der Waals surface area contributed by atoms with Crippen molar-refractivity contribution in [1.82, 2.24) is 4.98 Å². The number of halogens is 2. The van der Waals surface area contributed by atoms with Gasteiger partial charge in [0.1, 0.15) is 5.82 Å². The number of rotatable bonds is 3. The van der Waals surface area contributed by atoms with E-state index in [9.17, 15) is 0 Å². The minimum absolute atomic E-state index is 0.199. The summed E-state index contributed by atoms with van der Waals surface area (Å²) >= 11 is 12.0. The van der Waals surface area contributed by atoms with Crippen molar-refractivity contribution in [2.75, 3.05) is 31.6 Å². The van der Waals surface area contributed by atoms with Crippen molar-refractivity contribution in [3.63, 3.8) is 0 Å². The van der Waals surface area contributed by atoms with Gasteiger partial charge in [0.25, 0.3) is 0 Å². The Morgan fingerprint density at radius 3 is 2.61 bits per heavy atom. The van der Waals surface area contributed by atoms with Crippen LogP contribution < -0.4 is 10.6 Å². The summed E-state index contributed by atoms with van der Waals surface area (Å²) in [5, 5.41) is 1.13. The molecule has 2 heterocycles. The maximum Gasteiger partial charge on any atom is 0.147 e. The van der Waals surface area contributed by atoms with E-state index >= 15 is 0 Å². The smallest absolute Gasteiger partial charge is 0.147 e. The van der Waals surface area contributed by atoms with Gasteiger partial charge in [0.05, 0.1) is 15.6 Å². The molecule has 18 heavy (non-hydrogen) atoms. The SMILES string of the molecule is COC1(CN)CCN(c2ncc(Cl)cc2Cl)CC1. The fourth-order valence-electron chi connectivity index (χ4n) is 2.26. The van der Waals surface area contributed by atoms with Crippen LogP contribution in [-0.4, -0.2) is 37.3 Å². The van der Waals surface area contributed by atoms with Gasteiger partial charge in [0.15, 0.2) is 0 Å². The minimum Gasteiger partial charge on any atom is -0.377 e. The molecule has 0 amide bonds. The molecule has 4 nitrogen and oxygen atoms in total. The largest absolute Gasteiger partial charge is 0.377 e. The third kappa shape index (κ3) is 2.72. The van der Waals surface area contributed by atoms with Crippen molar-refractivity contribution in [3.8, 4) is 0 Å². The molecule has 100 valence electrons. The van der Waals surface area contributed by atoms with Crippen LogP contribution in [0.3, 0.4) is 0 Å². The molecule has 0 atom stereocenters. The lowest BCUT2D eigenvalue weighted by atomic mass is 9.91. The molecule has 0 spiro atoms.